The molecular weight excluding hydrogens is 192 g/mol. The molecule has 15 heavy (non-hydrogen) atoms. The lowest BCUT2D eigenvalue weighted by molar-refractivity contribution is -0.125. The Morgan fingerprint density at radius 1 is 1.40 bits per heavy atom. The van der Waals surface area contributed by atoms with Crippen LogP contribution in [-0.2, 0) is 4.79 Å². The number of amides is 3. The van der Waals surface area contributed by atoms with Gasteiger partial charge in [-0.3, -0.25) is 9.69 Å². The maximum absolute atomic E-state index is 11.4. The van der Waals surface area contributed by atoms with Crippen molar-refractivity contribution in [3.05, 3.63) is 35.9 Å². The maximum Gasteiger partial charge on any atom is 0.324 e. The van der Waals surface area contributed by atoms with Gasteiger partial charge in [-0.05, 0) is 5.56 Å². The van der Waals surface area contributed by atoms with E-state index in [1.807, 2.05) is 30.3 Å². The minimum Gasteiger partial charge on any atom is -0.329 e. The van der Waals surface area contributed by atoms with Gasteiger partial charge in [-0.1, -0.05) is 30.3 Å². The second-order valence-electron chi connectivity index (χ2n) is 3.54. The van der Waals surface area contributed by atoms with Gasteiger partial charge in [-0.2, -0.15) is 0 Å². The lowest BCUT2D eigenvalue weighted by Gasteiger charge is -2.09. The van der Waals surface area contributed by atoms with Crippen LogP contribution in [0.2, 0.25) is 0 Å². The summed E-state index contributed by atoms with van der Waals surface area (Å²) in [4.78, 5) is 23.7. The van der Waals surface area contributed by atoms with Crippen molar-refractivity contribution >= 4 is 11.9 Å². The summed E-state index contributed by atoms with van der Waals surface area (Å²) < 4.78 is 0. The average Bonchev–Trinajstić information content (AvgIpc) is 2.62. The molecule has 1 N–H and O–H groups in total. The molecule has 1 aromatic rings. The van der Waals surface area contributed by atoms with E-state index in [0.717, 1.165) is 5.56 Å². The van der Waals surface area contributed by atoms with Crippen molar-refractivity contribution in [1.82, 2.24) is 10.2 Å². The van der Waals surface area contributed by atoms with Gasteiger partial charge in [-0.15, -0.1) is 0 Å². The van der Waals surface area contributed by atoms with Crippen LogP contribution in [0.3, 0.4) is 0 Å². The van der Waals surface area contributed by atoms with Crippen LogP contribution in [-0.4, -0.2) is 23.4 Å². The summed E-state index contributed by atoms with van der Waals surface area (Å²) in [5, 5.41) is 2.77. The minimum absolute atomic E-state index is 0.0809. The van der Waals surface area contributed by atoms with E-state index < -0.39 is 0 Å². The largest absolute Gasteiger partial charge is 0.329 e. The lowest BCUT2D eigenvalue weighted by Crippen LogP contribution is -2.32. The predicted octanol–water partition coefficient (Wildman–Crippen LogP) is 1.30. The molecule has 1 saturated heterocycles. The van der Waals surface area contributed by atoms with Gasteiger partial charge in [0.2, 0.25) is 5.91 Å². The standard InChI is InChI=1S/C11H12N2O2/c1-8(14)13-7-10(12-11(13)15)9-5-3-2-4-6-9/h2-6,10H,7H2,1H3,(H,12,15). The van der Waals surface area contributed by atoms with E-state index in [1.165, 1.54) is 11.8 Å². The number of hydrogen-bond donors (Lipinski definition) is 1. The number of urea groups is 1. The van der Waals surface area contributed by atoms with Crippen LogP contribution in [0.1, 0.15) is 18.5 Å². The third kappa shape index (κ3) is 1.83. The number of carbonyl (C=O) groups is 2. The molecule has 0 aliphatic carbocycles. The van der Waals surface area contributed by atoms with Gasteiger partial charge in [0.05, 0.1) is 12.6 Å². The SMILES string of the molecule is CC(=O)N1CC(c2ccccc2)NC1=O. The fourth-order valence-corrected chi connectivity index (χ4v) is 1.68. The van der Waals surface area contributed by atoms with Crippen molar-refractivity contribution < 1.29 is 9.59 Å². The van der Waals surface area contributed by atoms with Crippen LogP contribution in [0.25, 0.3) is 0 Å². The molecule has 1 fully saturated rings. The number of hydrogen-bond acceptors (Lipinski definition) is 2. The minimum atomic E-state index is -0.309. The van der Waals surface area contributed by atoms with Gasteiger partial charge in [0, 0.05) is 6.92 Å². The topological polar surface area (TPSA) is 49.4 Å². The molecule has 4 heteroatoms. The number of rotatable bonds is 1. The average molecular weight is 204 g/mol. The van der Waals surface area contributed by atoms with Crippen molar-refractivity contribution in [1.29, 1.82) is 0 Å². The van der Waals surface area contributed by atoms with E-state index in [1.54, 1.807) is 0 Å². The van der Waals surface area contributed by atoms with Crippen LogP contribution in [0, 0.1) is 0 Å². The molecule has 0 bridgehead atoms. The second kappa shape index (κ2) is 3.73. The third-order valence-corrected chi connectivity index (χ3v) is 2.49. The molecule has 2 rings (SSSR count). The molecule has 1 aliphatic heterocycles. The van der Waals surface area contributed by atoms with Gasteiger partial charge in [0.1, 0.15) is 0 Å². The summed E-state index contributed by atoms with van der Waals surface area (Å²) in [6.45, 7) is 1.81. The first kappa shape index (κ1) is 9.71. The summed E-state index contributed by atoms with van der Waals surface area (Å²) in [5.74, 6) is -0.217. The molecule has 0 saturated carbocycles. The van der Waals surface area contributed by atoms with Gasteiger partial charge < -0.3 is 5.32 Å². The number of carbonyl (C=O) groups excluding carboxylic acids is 2. The van der Waals surface area contributed by atoms with E-state index in [-0.39, 0.29) is 18.0 Å². The van der Waals surface area contributed by atoms with Crippen molar-refractivity contribution in [2.75, 3.05) is 6.54 Å². The Morgan fingerprint density at radius 3 is 2.60 bits per heavy atom. The number of imide groups is 1. The van der Waals surface area contributed by atoms with Gasteiger partial charge in [0.15, 0.2) is 0 Å². The first-order chi connectivity index (χ1) is 7.18. The van der Waals surface area contributed by atoms with Crippen LogP contribution < -0.4 is 5.32 Å². The predicted molar refractivity (Wildman–Crippen MR) is 55.1 cm³/mol. The second-order valence-corrected chi connectivity index (χ2v) is 3.54. The zero-order chi connectivity index (χ0) is 10.8. The molecule has 3 amide bonds. The Labute approximate surface area is 87.9 Å². The van der Waals surface area contributed by atoms with Crippen LogP contribution in [0.5, 0.6) is 0 Å². The molecule has 1 heterocycles. The Bertz CT molecular complexity index is 389. The van der Waals surface area contributed by atoms with E-state index in [0.29, 0.717) is 6.54 Å². The zero-order valence-electron chi connectivity index (χ0n) is 8.43. The number of nitrogens with one attached hydrogen (secondary N) is 1. The quantitative estimate of drug-likeness (QED) is 0.749. The van der Waals surface area contributed by atoms with E-state index >= 15 is 0 Å². The Kier molecular flexibility index (Phi) is 2.41. The summed E-state index contributed by atoms with van der Waals surface area (Å²) in [6, 6.07) is 9.24. The van der Waals surface area contributed by atoms with E-state index in [4.69, 9.17) is 0 Å². The van der Waals surface area contributed by atoms with Crippen LogP contribution in [0.4, 0.5) is 4.79 Å². The summed E-state index contributed by atoms with van der Waals surface area (Å²) in [6.07, 6.45) is 0. The smallest absolute Gasteiger partial charge is 0.324 e. The number of benzene rings is 1. The van der Waals surface area contributed by atoms with Crippen molar-refractivity contribution in [3.8, 4) is 0 Å². The zero-order valence-corrected chi connectivity index (χ0v) is 8.43. The molecule has 0 radical (unpaired) electrons. The van der Waals surface area contributed by atoms with E-state index in [2.05, 4.69) is 5.32 Å². The monoisotopic (exact) mass is 204 g/mol. The van der Waals surface area contributed by atoms with Crippen LogP contribution >= 0.6 is 0 Å². The third-order valence-electron chi connectivity index (χ3n) is 2.49. The molecule has 1 aliphatic rings. The highest BCUT2D eigenvalue weighted by molar-refractivity contribution is 5.95. The fraction of sp³-hybridized carbons (Fsp3) is 0.273. The summed E-state index contributed by atoms with van der Waals surface area (Å²) in [7, 11) is 0. The maximum atomic E-state index is 11.4. The highest BCUT2D eigenvalue weighted by atomic mass is 16.2. The highest BCUT2D eigenvalue weighted by Gasteiger charge is 2.31. The fourth-order valence-electron chi connectivity index (χ4n) is 1.68. The van der Waals surface area contributed by atoms with Gasteiger partial charge in [0.25, 0.3) is 0 Å². The molecule has 1 aromatic carbocycles. The molecule has 1 atom stereocenters. The van der Waals surface area contributed by atoms with Crippen molar-refractivity contribution in [2.24, 2.45) is 0 Å². The molecule has 78 valence electrons. The van der Waals surface area contributed by atoms with E-state index in [9.17, 15) is 9.59 Å². The molecule has 0 aromatic heterocycles. The molecular formula is C11H12N2O2. The Balaban J connectivity index is 2.16. The lowest BCUT2D eigenvalue weighted by atomic mass is 10.1. The first-order valence-electron chi connectivity index (χ1n) is 4.82. The summed E-state index contributed by atoms with van der Waals surface area (Å²) >= 11 is 0. The number of nitrogens with zero attached hydrogens (tertiary/aromatic N) is 1. The Hall–Kier alpha value is -1.84. The van der Waals surface area contributed by atoms with Crippen molar-refractivity contribution in [2.45, 2.75) is 13.0 Å². The molecule has 4 nitrogen and oxygen atoms in total. The highest BCUT2D eigenvalue weighted by Crippen LogP contribution is 2.19. The van der Waals surface area contributed by atoms with Crippen LogP contribution in [0.15, 0.2) is 30.3 Å². The molecule has 0 spiro atoms. The Morgan fingerprint density at radius 2 is 2.07 bits per heavy atom. The first-order valence-corrected chi connectivity index (χ1v) is 4.82. The van der Waals surface area contributed by atoms with Gasteiger partial charge in [-0.25, -0.2) is 4.79 Å². The molecule has 1 unspecified atom stereocenters. The van der Waals surface area contributed by atoms with Crippen molar-refractivity contribution in [3.63, 3.8) is 0 Å². The van der Waals surface area contributed by atoms with Gasteiger partial charge >= 0.3 is 6.03 Å². The normalized spacial score (nSPS) is 20.2. The summed E-state index contributed by atoms with van der Waals surface area (Å²) in [5.41, 5.74) is 1.02.